The van der Waals surface area contributed by atoms with E-state index in [0.717, 1.165) is 61.7 Å². The summed E-state index contributed by atoms with van der Waals surface area (Å²) in [7, 11) is 0. The normalized spacial score (nSPS) is 12.8. The van der Waals surface area contributed by atoms with E-state index in [1.807, 2.05) is 0 Å². The average Bonchev–Trinajstić information content (AvgIpc) is 4.18. The van der Waals surface area contributed by atoms with Crippen molar-refractivity contribution in [2.24, 2.45) is 5.92 Å². The summed E-state index contributed by atoms with van der Waals surface area (Å²) in [6.45, 7) is 5.02. The van der Waals surface area contributed by atoms with Gasteiger partial charge in [-0.05, 0) is 132 Å². The fourth-order valence-corrected chi connectivity index (χ4v) is 12.3. The minimum atomic E-state index is -0.527. The molecule has 1 aliphatic rings. The molecule has 0 radical (unpaired) electrons. The zero-order valence-electron chi connectivity index (χ0n) is 43.0. The quantitative estimate of drug-likeness (QED) is 0.102. The highest BCUT2D eigenvalue weighted by Crippen LogP contribution is 2.54. The van der Waals surface area contributed by atoms with E-state index in [2.05, 4.69) is 292 Å². The van der Waals surface area contributed by atoms with Gasteiger partial charge in [-0.1, -0.05) is 238 Å². The first-order chi connectivity index (χ1) is 38.0. The predicted octanol–water partition coefficient (Wildman–Crippen LogP) is 18.7. The molecule has 1 aliphatic carbocycles. The molecule has 1 heterocycles. The van der Waals surface area contributed by atoms with Crippen LogP contribution in [0.15, 0.2) is 273 Å². The molecule has 13 rings (SSSR count). The van der Waals surface area contributed by atoms with Gasteiger partial charge in [0.15, 0.2) is 0 Å². The van der Waals surface area contributed by atoms with E-state index in [0.29, 0.717) is 12.5 Å². The van der Waals surface area contributed by atoms with Crippen LogP contribution in [0.25, 0.3) is 55.5 Å². The van der Waals surface area contributed by atoms with Crippen LogP contribution in [0, 0.1) is 5.92 Å². The van der Waals surface area contributed by atoms with Gasteiger partial charge in [-0.25, -0.2) is 0 Å². The van der Waals surface area contributed by atoms with Crippen LogP contribution in [0.4, 0.5) is 17.1 Å². The molecule has 1 unspecified atom stereocenters. The Balaban J connectivity index is 0.898. The zero-order chi connectivity index (χ0) is 51.7. The highest BCUT2D eigenvalue weighted by atomic mass is 32.1. The lowest BCUT2D eigenvalue weighted by Gasteiger charge is -2.37. The fraction of sp³-hybridized carbons (Fsp3) is 0.0833. The van der Waals surface area contributed by atoms with Gasteiger partial charge in [0.25, 0.3) is 0 Å². The fourth-order valence-electron chi connectivity index (χ4n) is 11.8. The van der Waals surface area contributed by atoms with Gasteiger partial charge >= 0.3 is 0 Å². The molecule has 0 spiro atoms. The third kappa shape index (κ3) is 8.69. The van der Waals surface area contributed by atoms with Crippen molar-refractivity contribution in [1.29, 1.82) is 0 Å². The predicted molar refractivity (Wildman–Crippen MR) is 320 cm³/mol. The van der Waals surface area contributed by atoms with Crippen LogP contribution in [0.2, 0.25) is 0 Å². The molecule has 0 saturated heterocycles. The summed E-state index contributed by atoms with van der Waals surface area (Å²) in [6.07, 6.45) is 0. The molecule has 11 aromatic carbocycles. The van der Waals surface area contributed by atoms with Crippen LogP contribution in [0.3, 0.4) is 0 Å². The summed E-state index contributed by atoms with van der Waals surface area (Å²) in [5.74, 6) is 1.38. The lowest BCUT2D eigenvalue weighted by atomic mass is 9.65. The van der Waals surface area contributed by atoms with Gasteiger partial charge in [0.2, 0.25) is 0 Å². The van der Waals surface area contributed by atoms with Crippen molar-refractivity contribution in [2.45, 2.75) is 25.2 Å². The smallest absolute Gasteiger partial charge is 0.129 e. The Labute approximate surface area is 455 Å². The van der Waals surface area contributed by atoms with Crippen LogP contribution < -0.4 is 9.64 Å². The second-order valence-corrected chi connectivity index (χ2v) is 20.9. The van der Waals surface area contributed by atoms with Crippen LogP contribution in [0.1, 0.15) is 58.7 Å². The first kappa shape index (κ1) is 47.5. The summed E-state index contributed by atoms with van der Waals surface area (Å²) in [4.78, 5) is 2.32. The van der Waals surface area contributed by atoms with Crippen molar-refractivity contribution in [1.82, 2.24) is 8.75 Å². The molecule has 0 aliphatic heterocycles. The number of nitrogens with zero attached hydrogens (tertiary/aromatic N) is 3. The maximum Gasteiger partial charge on any atom is 0.129 e. The molecule has 1 aromatic heterocycles. The minimum absolute atomic E-state index is 0.0339. The topological polar surface area (TPSA) is 38.2 Å². The van der Waals surface area contributed by atoms with E-state index in [-0.39, 0.29) is 5.92 Å². The maximum absolute atomic E-state index is 6.00. The average molecular weight is 1010 g/mol. The Hall–Kier alpha value is -9.16. The number of fused-ring (bicyclic) bond motifs is 4. The van der Waals surface area contributed by atoms with E-state index >= 15 is 0 Å². The molecule has 12 aromatic rings. The van der Waals surface area contributed by atoms with Crippen molar-refractivity contribution < 1.29 is 4.74 Å². The summed E-state index contributed by atoms with van der Waals surface area (Å²) < 4.78 is 16.2. The van der Waals surface area contributed by atoms with E-state index in [9.17, 15) is 0 Å². The molecule has 0 saturated carbocycles. The number of hydrogen-bond donors (Lipinski definition) is 0. The molecule has 77 heavy (non-hydrogen) atoms. The number of ether oxygens (including phenoxy) is 1. The van der Waals surface area contributed by atoms with Gasteiger partial charge in [0.1, 0.15) is 16.8 Å². The van der Waals surface area contributed by atoms with Crippen LogP contribution >= 0.6 is 11.7 Å². The Morgan fingerprint density at radius 1 is 0.416 bits per heavy atom. The van der Waals surface area contributed by atoms with Gasteiger partial charge in [-0.2, -0.15) is 8.75 Å². The first-order valence-corrected chi connectivity index (χ1v) is 27.3. The van der Waals surface area contributed by atoms with E-state index in [4.69, 9.17) is 13.5 Å². The molecular weight excluding hydrogens is 955 g/mol. The lowest BCUT2D eigenvalue weighted by Crippen LogP contribution is -2.31. The van der Waals surface area contributed by atoms with Crippen LogP contribution in [0.5, 0.6) is 5.75 Å². The zero-order valence-corrected chi connectivity index (χ0v) is 43.8. The minimum Gasteiger partial charge on any atom is -0.493 e. The summed E-state index contributed by atoms with van der Waals surface area (Å²) in [5, 5.41) is 0. The molecule has 0 bridgehead atoms. The molecule has 4 nitrogen and oxygen atoms in total. The van der Waals surface area contributed by atoms with Gasteiger partial charge in [-0.15, -0.1) is 0 Å². The van der Waals surface area contributed by atoms with Gasteiger partial charge in [0, 0.05) is 22.9 Å². The molecule has 0 fully saturated rings. The second-order valence-electron chi connectivity index (χ2n) is 20.4. The SMILES string of the molecule is CC(C)COc1ccc(-c2ccc(N(c3ccc(-c4ccccc4)cc3)c3ccc(-c4cccc5c4-c4ccccc4C5c4ccc(C(c5ccccc5)(c5ccccc5)c5ccccc5)cc4)c4nsnc34)cc2)cc1. The van der Waals surface area contributed by atoms with Gasteiger partial charge in [-0.3, -0.25) is 0 Å². The van der Waals surface area contributed by atoms with Crippen LogP contribution in [-0.4, -0.2) is 15.4 Å². The molecule has 1 atom stereocenters. The van der Waals surface area contributed by atoms with Crippen molar-refractivity contribution in [3.05, 3.63) is 312 Å². The number of anilines is 3. The van der Waals surface area contributed by atoms with Gasteiger partial charge in [0.05, 0.1) is 29.4 Å². The van der Waals surface area contributed by atoms with Crippen molar-refractivity contribution in [3.8, 4) is 50.3 Å². The first-order valence-electron chi connectivity index (χ1n) is 26.6. The molecule has 0 amide bonds. The maximum atomic E-state index is 6.00. The van der Waals surface area contributed by atoms with Crippen molar-refractivity contribution in [3.63, 3.8) is 0 Å². The number of benzene rings is 11. The molecule has 0 N–H and O–H groups in total. The third-order valence-corrected chi connectivity index (χ3v) is 15.8. The number of rotatable bonds is 14. The van der Waals surface area contributed by atoms with Crippen molar-refractivity contribution >= 4 is 39.8 Å². The standard InChI is InChI=1S/C72H55N3OS/c1-49(2)48-76-61-44-36-53(37-45-61)52-34-42-60(43-35-52)75(59-40-32-51(33-41-59)50-18-7-3-8-19-50)67-47-46-65(70-71(67)74-77-73-70)64-28-17-29-66-68(62-26-15-16-27-63(62)69(64)66)54-30-38-58(39-31-54)72(55-20-9-4-10-21-55,56-22-11-5-12-23-56)57-24-13-6-14-25-57/h3-47,49,68H,48H2,1-2H3. The summed E-state index contributed by atoms with van der Waals surface area (Å²) >= 11 is 1.27. The Morgan fingerprint density at radius 2 is 0.883 bits per heavy atom. The summed E-state index contributed by atoms with van der Waals surface area (Å²) in [5.41, 5.74) is 22.3. The number of hydrogen-bond acceptors (Lipinski definition) is 5. The second kappa shape index (κ2) is 20.5. The molecule has 5 heteroatoms. The Morgan fingerprint density at radius 3 is 1.45 bits per heavy atom. The lowest BCUT2D eigenvalue weighted by molar-refractivity contribution is 0.271. The highest BCUT2D eigenvalue weighted by molar-refractivity contribution is 7.00. The third-order valence-electron chi connectivity index (χ3n) is 15.3. The molecule has 370 valence electrons. The van der Waals surface area contributed by atoms with Crippen LogP contribution in [-0.2, 0) is 5.41 Å². The van der Waals surface area contributed by atoms with E-state index in [1.165, 1.54) is 67.4 Å². The summed E-state index contributed by atoms with van der Waals surface area (Å²) in [6, 6.07) is 99.2. The van der Waals surface area contributed by atoms with E-state index in [1.54, 1.807) is 0 Å². The highest BCUT2D eigenvalue weighted by Gasteiger charge is 2.39. The van der Waals surface area contributed by atoms with Crippen molar-refractivity contribution in [2.75, 3.05) is 11.5 Å². The Kier molecular flexibility index (Phi) is 12.7. The Bertz CT molecular complexity index is 3880. The van der Waals surface area contributed by atoms with Gasteiger partial charge < -0.3 is 9.64 Å². The monoisotopic (exact) mass is 1010 g/mol. The number of aromatic nitrogens is 2. The largest absolute Gasteiger partial charge is 0.493 e. The van der Waals surface area contributed by atoms with E-state index < -0.39 is 5.41 Å². The molecular formula is C72H55N3OS.